The number of hydrogen-bond donors (Lipinski definition) is 0. The van der Waals surface area contributed by atoms with Crippen LogP contribution in [-0.2, 0) is 0 Å². The highest BCUT2D eigenvalue weighted by molar-refractivity contribution is 7.19. The molecule has 7 heteroatoms. The van der Waals surface area contributed by atoms with Crippen molar-refractivity contribution in [3.63, 3.8) is 0 Å². The molecule has 2 aromatic heterocycles. The molecule has 0 atom stereocenters. The van der Waals surface area contributed by atoms with Crippen molar-refractivity contribution in [1.82, 2.24) is 15.0 Å². The van der Waals surface area contributed by atoms with Gasteiger partial charge in [0, 0.05) is 13.1 Å². The van der Waals surface area contributed by atoms with Crippen LogP contribution < -0.4 is 4.90 Å². The van der Waals surface area contributed by atoms with Gasteiger partial charge >= 0.3 is 0 Å². The molecule has 0 aliphatic carbocycles. The van der Waals surface area contributed by atoms with Gasteiger partial charge in [-0.1, -0.05) is 11.6 Å². The molecule has 4 nitrogen and oxygen atoms in total. The SMILES string of the molecule is CCN(CC)c1nc(Cl)nc(-c2ccc(Cl)s2)n1. The fourth-order valence-electron chi connectivity index (χ4n) is 1.53. The van der Waals surface area contributed by atoms with Crippen LogP contribution >= 0.6 is 34.5 Å². The predicted molar refractivity (Wildman–Crippen MR) is 76.7 cm³/mol. The Morgan fingerprint density at radius 1 is 1.11 bits per heavy atom. The van der Waals surface area contributed by atoms with Gasteiger partial charge in [0.15, 0.2) is 5.82 Å². The van der Waals surface area contributed by atoms with Crippen molar-refractivity contribution in [1.29, 1.82) is 0 Å². The zero-order chi connectivity index (χ0) is 13.1. The van der Waals surface area contributed by atoms with Crippen molar-refractivity contribution < 1.29 is 0 Å². The van der Waals surface area contributed by atoms with Gasteiger partial charge in [0.1, 0.15) is 0 Å². The fraction of sp³-hybridized carbons (Fsp3) is 0.364. The Kier molecular flexibility index (Phi) is 4.37. The molecular weight excluding hydrogens is 291 g/mol. The number of rotatable bonds is 4. The average molecular weight is 303 g/mol. The summed E-state index contributed by atoms with van der Waals surface area (Å²) in [5, 5.41) is 0.200. The zero-order valence-corrected chi connectivity index (χ0v) is 12.4. The third-order valence-corrected chi connectivity index (χ3v) is 3.83. The van der Waals surface area contributed by atoms with Gasteiger partial charge in [-0.05, 0) is 37.6 Å². The van der Waals surface area contributed by atoms with Crippen LogP contribution in [0.15, 0.2) is 12.1 Å². The highest BCUT2D eigenvalue weighted by Crippen LogP contribution is 2.29. The Balaban J connectivity index is 2.43. The minimum absolute atomic E-state index is 0.200. The minimum Gasteiger partial charge on any atom is -0.341 e. The van der Waals surface area contributed by atoms with Crippen molar-refractivity contribution in [2.24, 2.45) is 0 Å². The van der Waals surface area contributed by atoms with Crippen LogP contribution in [-0.4, -0.2) is 28.0 Å². The first kappa shape index (κ1) is 13.5. The first-order valence-electron chi connectivity index (χ1n) is 5.56. The number of aromatic nitrogens is 3. The predicted octanol–water partition coefficient (Wildman–Crippen LogP) is 3.75. The summed E-state index contributed by atoms with van der Waals surface area (Å²) in [7, 11) is 0. The summed E-state index contributed by atoms with van der Waals surface area (Å²) in [6, 6.07) is 3.70. The standard InChI is InChI=1S/C11H12Cl2N4S/c1-3-17(4-2)11-15-9(14-10(13)16-11)7-5-6-8(12)18-7/h5-6H,3-4H2,1-2H3. The lowest BCUT2D eigenvalue weighted by atomic mass is 10.4. The molecule has 0 fully saturated rings. The lowest BCUT2D eigenvalue weighted by Gasteiger charge is -2.18. The zero-order valence-electron chi connectivity index (χ0n) is 10.0. The van der Waals surface area contributed by atoms with E-state index < -0.39 is 0 Å². The second kappa shape index (κ2) is 5.82. The van der Waals surface area contributed by atoms with E-state index in [1.807, 2.05) is 30.9 Å². The molecule has 0 radical (unpaired) electrons. The smallest absolute Gasteiger partial charge is 0.230 e. The monoisotopic (exact) mass is 302 g/mol. The first-order valence-corrected chi connectivity index (χ1v) is 7.13. The van der Waals surface area contributed by atoms with Gasteiger partial charge in [-0.15, -0.1) is 11.3 Å². The third-order valence-electron chi connectivity index (χ3n) is 2.44. The van der Waals surface area contributed by atoms with Crippen molar-refractivity contribution in [2.45, 2.75) is 13.8 Å². The van der Waals surface area contributed by atoms with E-state index in [0.717, 1.165) is 18.0 Å². The Hall–Kier alpha value is -0.910. The molecule has 18 heavy (non-hydrogen) atoms. The molecule has 2 aromatic rings. The van der Waals surface area contributed by atoms with E-state index in [1.54, 1.807) is 0 Å². The third kappa shape index (κ3) is 2.91. The van der Waals surface area contributed by atoms with Gasteiger partial charge in [-0.25, -0.2) is 0 Å². The molecule has 2 rings (SSSR count). The highest BCUT2D eigenvalue weighted by Gasteiger charge is 2.12. The van der Waals surface area contributed by atoms with E-state index in [2.05, 4.69) is 15.0 Å². The summed E-state index contributed by atoms with van der Waals surface area (Å²) >= 11 is 13.3. The molecule has 0 aliphatic heterocycles. The summed E-state index contributed by atoms with van der Waals surface area (Å²) in [4.78, 5) is 15.6. The first-order chi connectivity index (χ1) is 8.63. The molecule has 0 aliphatic rings. The van der Waals surface area contributed by atoms with E-state index in [1.165, 1.54) is 11.3 Å². The Bertz CT molecular complexity index is 540. The Morgan fingerprint density at radius 3 is 2.39 bits per heavy atom. The molecule has 0 N–H and O–H groups in total. The van der Waals surface area contributed by atoms with Crippen LogP contribution in [0.1, 0.15) is 13.8 Å². The highest BCUT2D eigenvalue weighted by atomic mass is 35.5. The normalized spacial score (nSPS) is 10.7. The molecule has 0 unspecified atom stereocenters. The number of anilines is 1. The van der Waals surface area contributed by atoms with Crippen LogP contribution in [0.4, 0.5) is 5.95 Å². The number of hydrogen-bond acceptors (Lipinski definition) is 5. The number of thiophene rings is 1. The van der Waals surface area contributed by atoms with E-state index >= 15 is 0 Å². The molecule has 0 spiro atoms. The maximum absolute atomic E-state index is 5.95. The van der Waals surface area contributed by atoms with Crippen LogP contribution in [0.3, 0.4) is 0 Å². The van der Waals surface area contributed by atoms with E-state index in [9.17, 15) is 0 Å². The van der Waals surface area contributed by atoms with Gasteiger partial charge in [-0.2, -0.15) is 15.0 Å². The Labute approximate surface area is 120 Å². The quantitative estimate of drug-likeness (QED) is 0.862. The van der Waals surface area contributed by atoms with Gasteiger partial charge < -0.3 is 4.90 Å². The molecule has 2 heterocycles. The van der Waals surface area contributed by atoms with Crippen LogP contribution in [0.5, 0.6) is 0 Å². The molecule has 96 valence electrons. The maximum Gasteiger partial charge on any atom is 0.230 e. The minimum atomic E-state index is 0.200. The van der Waals surface area contributed by atoms with Gasteiger partial charge in [0.25, 0.3) is 0 Å². The van der Waals surface area contributed by atoms with E-state index in [0.29, 0.717) is 16.1 Å². The van der Waals surface area contributed by atoms with Gasteiger partial charge in [-0.3, -0.25) is 0 Å². The maximum atomic E-state index is 5.95. The average Bonchev–Trinajstić information content (AvgIpc) is 2.77. The van der Waals surface area contributed by atoms with Crippen molar-refractivity contribution in [3.05, 3.63) is 21.8 Å². The lowest BCUT2D eigenvalue weighted by molar-refractivity contribution is 0.814. The largest absolute Gasteiger partial charge is 0.341 e. The van der Waals surface area contributed by atoms with E-state index in [4.69, 9.17) is 23.2 Å². The molecule has 0 bridgehead atoms. The van der Waals surface area contributed by atoms with Crippen LogP contribution in [0.2, 0.25) is 9.62 Å². The van der Waals surface area contributed by atoms with E-state index in [-0.39, 0.29) is 5.28 Å². The number of nitrogens with zero attached hydrogens (tertiary/aromatic N) is 4. The van der Waals surface area contributed by atoms with Crippen molar-refractivity contribution >= 4 is 40.5 Å². The summed E-state index contributed by atoms with van der Waals surface area (Å²) in [6.07, 6.45) is 0. The second-order valence-electron chi connectivity index (χ2n) is 3.50. The molecule has 0 saturated heterocycles. The summed E-state index contributed by atoms with van der Waals surface area (Å²) < 4.78 is 0.700. The Morgan fingerprint density at radius 2 is 1.83 bits per heavy atom. The lowest BCUT2D eigenvalue weighted by Crippen LogP contribution is -2.24. The summed E-state index contributed by atoms with van der Waals surface area (Å²) in [6.45, 7) is 5.73. The molecule has 0 amide bonds. The fourth-order valence-corrected chi connectivity index (χ4v) is 2.66. The molecular formula is C11H12Cl2N4S. The van der Waals surface area contributed by atoms with Crippen molar-refractivity contribution in [3.8, 4) is 10.7 Å². The van der Waals surface area contributed by atoms with Crippen LogP contribution in [0, 0.1) is 0 Å². The topological polar surface area (TPSA) is 41.9 Å². The molecule has 0 saturated carbocycles. The summed E-state index contributed by atoms with van der Waals surface area (Å²) in [5.74, 6) is 1.16. The second-order valence-corrected chi connectivity index (χ2v) is 5.56. The van der Waals surface area contributed by atoms with Gasteiger partial charge in [0.05, 0.1) is 9.21 Å². The summed E-state index contributed by atoms with van der Waals surface area (Å²) in [5.41, 5.74) is 0. The van der Waals surface area contributed by atoms with Crippen molar-refractivity contribution in [2.75, 3.05) is 18.0 Å². The molecule has 0 aromatic carbocycles. The van der Waals surface area contributed by atoms with Gasteiger partial charge in [0.2, 0.25) is 11.2 Å². The number of halogens is 2. The van der Waals surface area contributed by atoms with Crippen LogP contribution in [0.25, 0.3) is 10.7 Å².